The zero-order valence-electron chi connectivity index (χ0n) is 6.13. The number of rotatable bonds is 1. The molecule has 1 aliphatic heterocycles. The number of carbonyl (C=O) groups excluding carboxylic acids is 1. The van der Waals surface area contributed by atoms with Crippen LogP contribution in [0.25, 0.3) is 0 Å². The third-order valence-electron chi connectivity index (χ3n) is 1.61. The summed E-state index contributed by atoms with van der Waals surface area (Å²) in [5.41, 5.74) is 5.14. The molecule has 0 aliphatic carbocycles. The second-order valence-electron chi connectivity index (χ2n) is 2.53. The summed E-state index contributed by atoms with van der Waals surface area (Å²) in [5.74, 6) is -0.246. The van der Waals surface area contributed by atoms with Crippen LogP contribution in [0.15, 0.2) is 0 Å². The van der Waals surface area contributed by atoms with E-state index in [0.717, 1.165) is 0 Å². The molecule has 1 amide bonds. The lowest BCUT2D eigenvalue weighted by molar-refractivity contribution is -0.119. The van der Waals surface area contributed by atoms with Gasteiger partial charge in [0.1, 0.15) is 0 Å². The lowest BCUT2D eigenvalue weighted by Crippen LogP contribution is -2.43. The second kappa shape index (κ2) is 2.80. The van der Waals surface area contributed by atoms with Gasteiger partial charge in [0, 0.05) is 5.25 Å². The van der Waals surface area contributed by atoms with Crippen molar-refractivity contribution >= 4 is 17.7 Å². The number of amides is 1. The Morgan fingerprint density at radius 2 is 2.20 bits per heavy atom. The minimum Gasteiger partial charge on any atom is -0.368 e. The predicted molar refractivity (Wildman–Crippen MR) is 42.6 cm³/mol. The fraction of sp³-hybridized carbons (Fsp3) is 0.833. The molecular weight excluding hydrogens is 148 g/mol. The van der Waals surface area contributed by atoms with Gasteiger partial charge in [-0.15, -0.1) is 11.8 Å². The first-order chi connectivity index (χ1) is 4.61. The number of primary amides is 1. The molecular formula is C6H12N2OS. The third kappa shape index (κ3) is 1.44. The van der Waals surface area contributed by atoms with Gasteiger partial charge in [0.2, 0.25) is 5.91 Å². The highest BCUT2D eigenvalue weighted by molar-refractivity contribution is 8.00. The lowest BCUT2D eigenvalue weighted by Gasteiger charge is -2.08. The molecule has 0 saturated carbocycles. The van der Waals surface area contributed by atoms with Gasteiger partial charge in [-0.25, -0.2) is 0 Å². The summed E-state index contributed by atoms with van der Waals surface area (Å²) in [4.78, 5) is 10.7. The Morgan fingerprint density at radius 1 is 1.60 bits per heavy atom. The number of carbonyl (C=O) groups is 1. The SMILES string of the molecule is CC1NC(C(N)=O)C(C)S1. The van der Waals surface area contributed by atoms with Crippen LogP contribution in [-0.2, 0) is 4.79 Å². The molecule has 0 bridgehead atoms. The molecule has 0 aromatic carbocycles. The van der Waals surface area contributed by atoms with Crippen molar-refractivity contribution in [2.24, 2.45) is 5.73 Å². The summed E-state index contributed by atoms with van der Waals surface area (Å²) >= 11 is 1.74. The van der Waals surface area contributed by atoms with Crippen molar-refractivity contribution in [2.75, 3.05) is 0 Å². The van der Waals surface area contributed by atoms with Crippen molar-refractivity contribution in [1.29, 1.82) is 0 Å². The van der Waals surface area contributed by atoms with Crippen LogP contribution in [0.5, 0.6) is 0 Å². The number of nitrogens with two attached hydrogens (primary N) is 1. The molecule has 0 spiro atoms. The van der Waals surface area contributed by atoms with Crippen molar-refractivity contribution in [3.05, 3.63) is 0 Å². The molecule has 3 unspecified atom stereocenters. The Kier molecular flexibility index (Phi) is 2.21. The summed E-state index contributed by atoms with van der Waals surface area (Å²) in [5, 5.41) is 3.76. The Bertz CT molecular complexity index is 151. The van der Waals surface area contributed by atoms with E-state index >= 15 is 0 Å². The highest BCUT2D eigenvalue weighted by Crippen LogP contribution is 2.25. The van der Waals surface area contributed by atoms with Crippen LogP contribution in [0, 0.1) is 0 Å². The average molecular weight is 160 g/mol. The first-order valence-corrected chi connectivity index (χ1v) is 4.26. The Morgan fingerprint density at radius 3 is 2.40 bits per heavy atom. The third-order valence-corrected chi connectivity index (χ3v) is 2.85. The van der Waals surface area contributed by atoms with Crippen molar-refractivity contribution in [3.63, 3.8) is 0 Å². The van der Waals surface area contributed by atoms with Gasteiger partial charge in [0.25, 0.3) is 0 Å². The highest BCUT2D eigenvalue weighted by Gasteiger charge is 2.32. The molecule has 0 aromatic rings. The van der Waals surface area contributed by atoms with E-state index in [4.69, 9.17) is 5.73 Å². The van der Waals surface area contributed by atoms with Crippen molar-refractivity contribution in [1.82, 2.24) is 5.32 Å². The van der Waals surface area contributed by atoms with Gasteiger partial charge in [-0.3, -0.25) is 10.1 Å². The summed E-state index contributed by atoms with van der Waals surface area (Å²) in [6, 6.07) is -0.139. The van der Waals surface area contributed by atoms with E-state index in [1.807, 2.05) is 13.8 Å². The lowest BCUT2D eigenvalue weighted by atomic mass is 10.2. The quantitative estimate of drug-likeness (QED) is 0.563. The first kappa shape index (κ1) is 7.88. The Hall–Kier alpha value is -0.220. The van der Waals surface area contributed by atoms with Crippen LogP contribution < -0.4 is 11.1 Å². The number of thioether (sulfide) groups is 1. The van der Waals surface area contributed by atoms with Gasteiger partial charge < -0.3 is 5.73 Å². The molecule has 3 nitrogen and oxygen atoms in total. The molecule has 0 aromatic heterocycles. The average Bonchev–Trinajstić information content (AvgIpc) is 2.10. The molecule has 1 heterocycles. The van der Waals surface area contributed by atoms with E-state index in [-0.39, 0.29) is 11.9 Å². The van der Waals surface area contributed by atoms with Crippen LogP contribution >= 0.6 is 11.8 Å². The number of nitrogens with one attached hydrogen (secondary N) is 1. The minimum atomic E-state index is -0.246. The summed E-state index contributed by atoms with van der Waals surface area (Å²) in [6.07, 6.45) is 0. The van der Waals surface area contributed by atoms with Gasteiger partial charge in [0.05, 0.1) is 11.4 Å². The van der Waals surface area contributed by atoms with Crippen LogP contribution in [-0.4, -0.2) is 22.6 Å². The maximum Gasteiger partial charge on any atom is 0.235 e. The maximum atomic E-state index is 10.7. The molecule has 4 heteroatoms. The maximum absolute atomic E-state index is 10.7. The van der Waals surface area contributed by atoms with Gasteiger partial charge in [-0.2, -0.15) is 0 Å². The van der Waals surface area contributed by atoms with Crippen LogP contribution in [0.2, 0.25) is 0 Å². The molecule has 1 saturated heterocycles. The molecule has 1 aliphatic rings. The number of hydrogen-bond donors (Lipinski definition) is 2. The topological polar surface area (TPSA) is 55.1 Å². The molecule has 0 radical (unpaired) electrons. The van der Waals surface area contributed by atoms with E-state index in [9.17, 15) is 4.79 Å². The minimum absolute atomic E-state index is 0.139. The Balaban J connectivity index is 2.54. The molecule has 1 fully saturated rings. The summed E-state index contributed by atoms with van der Waals surface area (Å²) < 4.78 is 0. The van der Waals surface area contributed by atoms with Crippen molar-refractivity contribution in [3.8, 4) is 0 Å². The molecule has 3 N–H and O–H groups in total. The summed E-state index contributed by atoms with van der Waals surface area (Å²) in [7, 11) is 0. The van der Waals surface area contributed by atoms with Gasteiger partial charge in [0.15, 0.2) is 0 Å². The number of hydrogen-bond acceptors (Lipinski definition) is 3. The standard InChI is InChI=1S/C6H12N2OS/c1-3-5(6(7)9)8-4(2)10-3/h3-5,8H,1-2H3,(H2,7,9). The molecule has 3 atom stereocenters. The van der Waals surface area contributed by atoms with Gasteiger partial charge >= 0.3 is 0 Å². The first-order valence-electron chi connectivity index (χ1n) is 3.32. The van der Waals surface area contributed by atoms with Crippen molar-refractivity contribution in [2.45, 2.75) is 30.5 Å². The predicted octanol–water partition coefficient (Wildman–Crippen LogP) is -0.0888. The zero-order chi connectivity index (χ0) is 7.72. The van der Waals surface area contributed by atoms with Crippen LogP contribution in [0.4, 0.5) is 0 Å². The molecule has 10 heavy (non-hydrogen) atoms. The normalized spacial score (nSPS) is 40.0. The smallest absolute Gasteiger partial charge is 0.235 e. The van der Waals surface area contributed by atoms with E-state index in [2.05, 4.69) is 5.32 Å². The fourth-order valence-electron chi connectivity index (χ4n) is 1.14. The second-order valence-corrected chi connectivity index (χ2v) is 4.25. The van der Waals surface area contributed by atoms with Gasteiger partial charge in [-0.05, 0) is 6.92 Å². The van der Waals surface area contributed by atoms with Gasteiger partial charge in [-0.1, -0.05) is 6.92 Å². The van der Waals surface area contributed by atoms with E-state index < -0.39 is 0 Å². The fourth-order valence-corrected chi connectivity index (χ4v) is 2.38. The van der Waals surface area contributed by atoms with E-state index in [0.29, 0.717) is 10.6 Å². The highest BCUT2D eigenvalue weighted by atomic mass is 32.2. The molecule has 1 rings (SSSR count). The molecule has 58 valence electrons. The van der Waals surface area contributed by atoms with Crippen LogP contribution in [0.1, 0.15) is 13.8 Å². The zero-order valence-corrected chi connectivity index (χ0v) is 6.94. The van der Waals surface area contributed by atoms with Crippen molar-refractivity contribution < 1.29 is 4.79 Å². The van der Waals surface area contributed by atoms with Crippen LogP contribution in [0.3, 0.4) is 0 Å². The summed E-state index contributed by atoms with van der Waals surface area (Å²) in [6.45, 7) is 4.04. The van der Waals surface area contributed by atoms with E-state index in [1.54, 1.807) is 11.8 Å². The largest absolute Gasteiger partial charge is 0.368 e. The van der Waals surface area contributed by atoms with E-state index in [1.165, 1.54) is 0 Å². The monoisotopic (exact) mass is 160 g/mol. The Labute approximate surface area is 64.7 Å².